The molecule has 2 N–H and O–H groups in total. The molecule has 0 spiro atoms. The molecule has 5 nitrogen and oxygen atoms in total. The van der Waals surface area contributed by atoms with Gasteiger partial charge in [0.15, 0.2) is 0 Å². The highest BCUT2D eigenvalue weighted by atomic mass is 35.5. The van der Waals surface area contributed by atoms with Gasteiger partial charge in [-0.05, 0) is 42.8 Å². The third kappa shape index (κ3) is 4.84. The Kier molecular flexibility index (Phi) is 6.11. The lowest BCUT2D eigenvalue weighted by molar-refractivity contribution is -0.115. The molecular formula is C15H13Cl3N2O3S. The number of nitrogens with one attached hydrogen (secondary N) is 2. The fraction of sp³-hybridized carbons (Fsp3) is 0.133. The second-order valence-corrected chi connectivity index (χ2v) is 7.92. The highest BCUT2D eigenvalue weighted by molar-refractivity contribution is 7.89. The van der Waals surface area contributed by atoms with Gasteiger partial charge in [0.1, 0.15) is 4.90 Å². The molecule has 2 aromatic carbocycles. The molecule has 0 saturated heterocycles. The van der Waals surface area contributed by atoms with E-state index in [0.717, 1.165) is 5.56 Å². The maximum Gasteiger partial charge on any atom is 0.242 e. The van der Waals surface area contributed by atoms with Crippen molar-refractivity contribution in [2.24, 2.45) is 0 Å². The lowest BCUT2D eigenvalue weighted by Crippen LogP contribution is -2.33. The van der Waals surface area contributed by atoms with Crippen LogP contribution in [0.4, 0.5) is 5.69 Å². The van der Waals surface area contributed by atoms with Crippen LogP contribution in [0.3, 0.4) is 0 Å². The second kappa shape index (κ2) is 7.72. The molecule has 0 aromatic heterocycles. The minimum absolute atomic E-state index is 0.0120. The number of benzene rings is 2. The SMILES string of the molecule is Cc1ccc(Cl)cc1NC(=O)CNS(=O)(=O)c1cc(Cl)ccc1Cl. The monoisotopic (exact) mass is 406 g/mol. The first-order valence-corrected chi connectivity index (χ1v) is 9.31. The van der Waals surface area contributed by atoms with E-state index in [1.165, 1.54) is 18.2 Å². The van der Waals surface area contributed by atoms with E-state index in [4.69, 9.17) is 34.8 Å². The van der Waals surface area contributed by atoms with Crippen molar-refractivity contribution >= 4 is 56.4 Å². The minimum atomic E-state index is -3.97. The summed E-state index contributed by atoms with van der Waals surface area (Å²) in [6.45, 7) is 1.33. The van der Waals surface area contributed by atoms with Crippen molar-refractivity contribution in [3.63, 3.8) is 0 Å². The van der Waals surface area contributed by atoms with Crippen LogP contribution in [0.2, 0.25) is 15.1 Å². The summed E-state index contributed by atoms with van der Waals surface area (Å²) < 4.78 is 26.6. The summed E-state index contributed by atoms with van der Waals surface area (Å²) in [5.41, 5.74) is 1.31. The molecule has 0 unspecified atom stereocenters. The van der Waals surface area contributed by atoms with Crippen LogP contribution in [0.15, 0.2) is 41.3 Å². The number of amides is 1. The van der Waals surface area contributed by atoms with E-state index < -0.39 is 22.5 Å². The molecule has 0 fully saturated rings. The van der Waals surface area contributed by atoms with E-state index in [-0.39, 0.29) is 14.9 Å². The average molecular weight is 408 g/mol. The first kappa shape index (κ1) is 19.0. The fourth-order valence-electron chi connectivity index (χ4n) is 1.84. The Morgan fingerprint density at radius 1 is 1.04 bits per heavy atom. The zero-order valence-electron chi connectivity index (χ0n) is 12.4. The molecule has 0 saturated carbocycles. The molecule has 0 bridgehead atoms. The van der Waals surface area contributed by atoms with E-state index in [1.807, 2.05) is 0 Å². The molecule has 24 heavy (non-hydrogen) atoms. The van der Waals surface area contributed by atoms with Gasteiger partial charge in [-0.2, -0.15) is 0 Å². The van der Waals surface area contributed by atoms with Gasteiger partial charge in [-0.3, -0.25) is 4.79 Å². The molecule has 128 valence electrons. The Bertz CT molecular complexity index is 886. The van der Waals surface area contributed by atoms with E-state index in [2.05, 4.69) is 10.0 Å². The van der Waals surface area contributed by atoms with Crippen LogP contribution in [0, 0.1) is 6.92 Å². The Labute approximate surface area is 155 Å². The number of sulfonamides is 1. The predicted molar refractivity (Wildman–Crippen MR) is 96.5 cm³/mol. The molecule has 0 radical (unpaired) electrons. The minimum Gasteiger partial charge on any atom is -0.325 e. The van der Waals surface area contributed by atoms with Gasteiger partial charge in [0.2, 0.25) is 15.9 Å². The van der Waals surface area contributed by atoms with Crippen molar-refractivity contribution in [3.8, 4) is 0 Å². The van der Waals surface area contributed by atoms with Gasteiger partial charge in [-0.15, -0.1) is 0 Å². The number of carbonyl (C=O) groups is 1. The summed E-state index contributed by atoms with van der Waals surface area (Å²) in [7, 11) is -3.97. The van der Waals surface area contributed by atoms with Crippen LogP contribution in [0.25, 0.3) is 0 Å². The summed E-state index contributed by atoms with van der Waals surface area (Å²) in [5, 5.41) is 3.29. The van der Waals surface area contributed by atoms with Gasteiger partial charge in [0, 0.05) is 15.7 Å². The molecule has 1 amide bonds. The van der Waals surface area contributed by atoms with E-state index in [9.17, 15) is 13.2 Å². The molecule has 0 atom stereocenters. The van der Waals surface area contributed by atoms with Crippen LogP contribution in [-0.4, -0.2) is 20.9 Å². The number of aryl methyl sites for hydroxylation is 1. The van der Waals surface area contributed by atoms with Crippen LogP contribution < -0.4 is 10.0 Å². The third-order valence-electron chi connectivity index (χ3n) is 3.08. The Morgan fingerprint density at radius 2 is 1.67 bits per heavy atom. The average Bonchev–Trinajstić information content (AvgIpc) is 2.51. The summed E-state index contributed by atoms with van der Waals surface area (Å²) in [5.74, 6) is -0.540. The number of hydrogen-bond acceptors (Lipinski definition) is 3. The van der Waals surface area contributed by atoms with Gasteiger partial charge in [0.25, 0.3) is 0 Å². The smallest absolute Gasteiger partial charge is 0.242 e. The number of anilines is 1. The van der Waals surface area contributed by atoms with Crippen molar-refractivity contribution < 1.29 is 13.2 Å². The normalized spacial score (nSPS) is 11.3. The molecule has 0 aliphatic carbocycles. The van der Waals surface area contributed by atoms with Crippen molar-refractivity contribution in [3.05, 3.63) is 57.0 Å². The third-order valence-corrected chi connectivity index (χ3v) is 5.43. The standard InChI is InChI=1S/C15H13Cl3N2O3S/c1-9-2-3-10(16)6-13(9)20-15(21)8-19-24(22,23)14-7-11(17)4-5-12(14)18/h2-7,19H,8H2,1H3,(H,20,21). The van der Waals surface area contributed by atoms with Crippen LogP contribution >= 0.6 is 34.8 Å². The summed E-state index contributed by atoms with van der Waals surface area (Å²) >= 11 is 17.5. The maximum absolute atomic E-state index is 12.2. The number of halogens is 3. The second-order valence-electron chi connectivity index (χ2n) is 4.91. The summed E-state index contributed by atoms with van der Waals surface area (Å²) in [4.78, 5) is 11.8. The zero-order valence-corrected chi connectivity index (χ0v) is 15.5. The first-order valence-electron chi connectivity index (χ1n) is 6.70. The predicted octanol–water partition coefficient (Wildman–Crippen LogP) is 3.87. The lowest BCUT2D eigenvalue weighted by Gasteiger charge is -2.11. The fourth-order valence-corrected chi connectivity index (χ4v) is 3.76. The van der Waals surface area contributed by atoms with E-state index in [1.54, 1.807) is 25.1 Å². The largest absolute Gasteiger partial charge is 0.325 e. The molecule has 0 aliphatic rings. The van der Waals surface area contributed by atoms with Crippen LogP contribution in [0.1, 0.15) is 5.56 Å². The summed E-state index contributed by atoms with van der Waals surface area (Å²) in [6, 6.07) is 9.07. The Balaban J connectivity index is 2.08. The number of carbonyl (C=O) groups excluding carboxylic acids is 1. The summed E-state index contributed by atoms with van der Waals surface area (Å²) in [6.07, 6.45) is 0. The van der Waals surface area contributed by atoms with Crippen molar-refractivity contribution in [2.45, 2.75) is 11.8 Å². The Hall–Kier alpha value is -1.31. The molecular weight excluding hydrogens is 395 g/mol. The number of hydrogen-bond donors (Lipinski definition) is 2. The van der Waals surface area contributed by atoms with E-state index >= 15 is 0 Å². The molecule has 9 heteroatoms. The Morgan fingerprint density at radius 3 is 2.38 bits per heavy atom. The highest BCUT2D eigenvalue weighted by Gasteiger charge is 2.19. The quantitative estimate of drug-likeness (QED) is 0.790. The van der Waals surface area contributed by atoms with Gasteiger partial charge in [-0.1, -0.05) is 40.9 Å². The van der Waals surface area contributed by atoms with Crippen LogP contribution in [-0.2, 0) is 14.8 Å². The zero-order chi connectivity index (χ0) is 17.9. The molecule has 2 rings (SSSR count). The molecule has 0 heterocycles. The lowest BCUT2D eigenvalue weighted by atomic mass is 10.2. The van der Waals surface area contributed by atoms with Crippen molar-refractivity contribution in [1.82, 2.24) is 4.72 Å². The maximum atomic E-state index is 12.2. The van der Waals surface area contributed by atoms with Gasteiger partial charge >= 0.3 is 0 Å². The highest BCUT2D eigenvalue weighted by Crippen LogP contribution is 2.24. The van der Waals surface area contributed by atoms with Gasteiger partial charge in [0.05, 0.1) is 11.6 Å². The topological polar surface area (TPSA) is 75.3 Å². The van der Waals surface area contributed by atoms with Gasteiger partial charge in [-0.25, -0.2) is 13.1 Å². The van der Waals surface area contributed by atoms with Crippen LogP contribution in [0.5, 0.6) is 0 Å². The van der Waals surface area contributed by atoms with Crippen molar-refractivity contribution in [1.29, 1.82) is 0 Å². The number of rotatable bonds is 5. The molecule has 0 aliphatic heterocycles. The van der Waals surface area contributed by atoms with Crippen molar-refractivity contribution in [2.75, 3.05) is 11.9 Å². The first-order chi connectivity index (χ1) is 11.2. The van der Waals surface area contributed by atoms with Gasteiger partial charge < -0.3 is 5.32 Å². The molecule has 2 aromatic rings. The van der Waals surface area contributed by atoms with E-state index in [0.29, 0.717) is 10.7 Å².